The first-order valence-corrected chi connectivity index (χ1v) is 7.61. The van der Waals surface area contributed by atoms with E-state index in [1.165, 1.54) is 0 Å². The molecule has 0 radical (unpaired) electrons. The second-order valence-electron chi connectivity index (χ2n) is 6.41. The van der Waals surface area contributed by atoms with E-state index in [0.717, 1.165) is 31.6 Å². The maximum Gasteiger partial charge on any atom is 0.246 e. The molecule has 5 heteroatoms. The Morgan fingerprint density at radius 1 is 1.40 bits per heavy atom. The fourth-order valence-electron chi connectivity index (χ4n) is 2.71. The molecule has 0 aromatic carbocycles. The fraction of sp³-hybridized carbons (Fsp3) is 0.867. The van der Waals surface area contributed by atoms with Gasteiger partial charge >= 0.3 is 0 Å². The minimum atomic E-state index is -0.354. The molecule has 0 atom stereocenters. The molecule has 0 amide bonds. The molecule has 114 valence electrons. The number of hydrogen-bond donors (Lipinski definition) is 1. The predicted molar refractivity (Wildman–Crippen MR) is 77.3 cm³/mol. The smallest absolute Gasteiger partial charge is 0.246 e. The number of nitrogens with one attached hydrogen (secondary N) is 1. The summed E-state index contributed by atoms with van der Waals surface area (Å²) in [6.07, 6.45) is 4.25. The highest BCUT2D eigenvalue weighted by molar-refractivity contribution is 5.07. The Bertz CT molecular complexity index is 434. The normalized spacial score (nSPS) is 27.8. The van der Waals surface area contributed by atoms with Crippen LogP contribution in [0.4, 0.5) is 0 Å². The molecule has 1 aromatic rings. The molecule has 2 rings (SSSR count). The van der Waals surface area contributed by atoms with Crippen molar-refractivity contribution in [1.29, 1.82) is 0 Å². The summed E-state index contributed by atoms with van der Waals surface area (Å²) in [6.45, 7) is 9.05. The van der Waals surface area contributed by atoms with Crippen molar-refractivity contribution < 1.29 is 9.26 Å². The van der Waals surface area contributed by atoms with Gasteiger partial charge in [-0.05, 0) is 59.4 Å². The average molecular weight is 281 g/mol. The lowest BCUT2D eigenvalue weighted by atomic mass is 9.79. The zero-order valence-electron chi connectivity index (χ0n) is 13.3. The molecule has 1 heterocycles. The van der Waals surface area contributed by atoms with Gasteiger partial charge in [0.15, 0.2) is 0 Å². The van der Waals surface area contributed by atoms with Crippen molar-refractivity contribution in [2.24, 2.45) is 5.92 Å². The van der Waals surface area contributed by atoms with Crippen LogP contribution < -0.4 is 5.32 Å². The van der Waals surface area contributed by atoms with E-state index in [2.05, 4.69) is 22.4 Å². The molecule has 0 unspecified atom stereocenters. The molecule has 0 spiro atoms. The SMILES string of the molecule is CCOC1(c2noc(C(C)(C)NC)n2)CCC(C)CC1. The summed E-state index contributed by atoms with van der Waals surface area (Å²) >= 11 is 0. The third-order valence-electron chi connectivity index (χ3n) is 4.50. The van der Waals surface area contributed by atoms with E-state index in [4.69, 9.17) is 9.26 Å². The van der Waals surface area contributed by atoms with Gasteiger partial charge in [-0.25, -0.2) is 0 Å². The summed E-state index contributed by atoms with van der Waals surface area (Å²) in [5.41, 5.74) is -0.673. The minimum absolute atomic E-state index is 0.319. The van der Waals surface area contributed by atoms with E-state index in [1.807, 2.05) is 27.8 Å². The molecule has 1 aliphatic rings. The summed E-state index contributed by atoms with van der Waals surface area (Å²) in [5, 5.41) is 7.41. The Labute approximate surface area is 121 Å². The standard InChI is InChI=1S/C15H27N3O2/c1-6-19-15(9-7-11(2)8-10-15)12-17-13(20-18-12)14(3,4)16-5/h11,16H,6-10H2,1-5H3. The van der Waals surface area contributed by atoms with Crippen LogP contribution in [0.3, 0.4) is 0 Å². The lowest BCUT2D eigenvalue weighted by Gasteiger charge is -2.36. The van der Waals surface area contributed by atoms with E-state index in [0.29, 0.717) is 18.3 Å². The number of ether oxygens (including phenoxy) is 1. The van der Waals surface area contributed by atoms with Crippen LogP contribution in [0.1, 0.15) is 65.1 Å². The molecule has 5 nitrogen and oxygen atoms in total. The maximum atomic E-state index is 6.06. The van der Waals surface area contributed by atoms with Crippen LogP contribution in [0.5, 0.6) is 0 Å². The highest BCUT2D eigenvalue weighted by Crippen LogP contribution is 2.41. The number of rotatable bonds is 5. The molecular formula is C15H27N3O2. The Morgan fingerprint density at radius 2 is 2.05 bits per heavy atom. The van der Waals surface area contributed by atoms with Crippen LogP contribution in [0.15, 0.2) is 4.52 Å². The van der Waals surface area contributed by atoms with Crippen molar-refractivity contribution in [2.75, 3.05) is 13.7 Å². The third kappa shape index (κ3) is 2.88. The van der Waals surface area contributed by atoms with Crippen LogP contribution in [-0.4, -0.2) is 23.8 Å². The number of hydrogen-bond acceptors (Lipinski definition) is 5. The van der Waals surface area contributed by atoms with Gasteiger partial charge in [0.05, 0.1) is 5.54 Å². The molecular weight excluding hydrogens is 254 g/mol. The van der Waals surface area contributed by atoms with Crippen molar-refractivity contribution in [2.45, 2.75) is 64.5 Å². The molecule has 1 saturated carbocycles. The van der Waals surface area contributed by atoms with E-state index in [1.54, 1.807) is 0 Å². The van der Waals surface area contributed by atoms with Crippen LogP contribution >= 0.6 is 0 Å². The van der Waals surface area contributed by atoms with Gasteiger partial charge in [0.2, 0.25) is 11.7 Å². The lowest BCUT2D eigenvalue weighted by Crippen LogP contribution is -2.36. The van der Waals surface area contributed by atoms with Gasteiger partial charge < -0.3 is 14.6 Å². The van der Waals surface area contributed by atoms with Gasteiger partial charge in [0.25, 0.3) is 0 Å². The number of nitrogens with zero attached hydrogens (tertiary/aromatic N) is 2. The van der Waals surface area contributed by atoms with Gasteiger partial charge in [-0.1, -0.05) is 12.1 Å². The highest BCUT2D eigenvalue weighted by Gasteiger charge is 2.41. The third-order valence-corrected chi connectivity index (χ3v) is 4.50. The fourth-order valence-corrected chi connectivity index (χ4v) is 2.71. The molecule has 0 bridgehead atoms. The van der Waals surface area contributed by atoms with Gasteiger partial charge in [-0.2, -0.15) is 4.98 Å². The monoisotopic (exact) mass is 281 g/mol. The first kappa shape index (κ1) is 15.4. The largest absolute Gasteiger partial charge is 0.367 e. The quantitative estimate of drug-likeness (QED) is 0.899. The average Bonchev–Trinajstić information content (AvgIpc) is 2.93. The Kier molecular flexibility index (Phi) is 4.49. The van der Waals surface area contributed by atoms with E-state index in [9.17, 15) is 0 Å². The highest BCUT2D eigenvalue weighted by atomic mass is 16.5. The predicted octanol–water partition coefficient (Wildman–Crippen LogP) is 2.97. The Morgan fingerprint density at radius 3 is 2.60 bits per heavy atom. The van der Waals surface area contributed by atoms with Crippen LogP contribution in [0.25, 0.3) is 0 Å². The van der Waals surface area contributed by atoms with Crippen molar-refractivity contribution in [3.63, 3.8) is 0 Å². The van der Waals surface area contributed by atoms with Crippen molar-refractivity contribution >= 4 is 0 Å². The molecule has 1 aromatic heterocycles. The van der Waals surface area contributed by atoms with E-state index in [-0.39, 0.29) is 11.1 Å². The van der Waals surface area contributed by atoms with E-state index < -0.39 is 0 Å². The van der Waals surface area contributed by atoms with E-state index >= 15 is 0 Å². The second-order valence-corrected chi connectivity index (χ2v) is 6.41. The lowest BCUT2D eigenvalue weighted by molar-refractivity contribution is -0.0847. The van der Waals surface area contributed by atoms with Crippen molar-refractivity contribution in [3.05, 3.63) is 11.7 Å². The Hall–Kier alpha value is -0.940. The zero-order valence-corrected chi connectivity index (χ0v) is 13.3. The Balaban J connectivity index is 2.27. The topological polar surface area (TPSA) is 60.2 Å². The second kappa shape index (κ2) is 5.82. The summed E-state index contributed by atoms with van der Waals surface area (Å²) in [6, 6.07) is 0. The first-order chi connectivity index (χ1) is 9.43. The molecule has 0 saturated heterocycles. The van der Waals surface area contributed by atoms with Gasteiger partial charge in [-0.3, -0.25) is 0 Å². The van der Waals surface area contributed by atoms with Gasteiger partial charge in [0, 0.05) is 6.61 Å². The van der Waals surface area contributed by atoms with Crippen molar-refractivity contribution in [3.8, 4) is 0 Å². The summed E-state index contributed by atoms with van der Waals surface area (Å²) in [5.74, 6) is 2.08. The zero-order chi connectivity index (χ0) is 14.8. The van der Waals surface area contributed by atoms with Gasteiger partial charge in [0.1, 0.15) is 5.60 Å². The summed E-state index contributed by atoms with van der Waals surface area (Å²) < 4.78 is 11.5. The molecule has 1 N–H and O–H groups in total. The minimum Gasteiger partial charge on any atom is -0.367 e. The number of aromatic nitrogens is 2. The molecule has 20 heavy (non-hydrogen) atoms. The van der Waals surface area contributed by atoms with Crippen LogP contribution in [0, 0.1) is 5.92 Å². The summed E-state index contributed by atoms with van der Waals surface area (Å²) in [4.78, 5) is 4.63. The maximum absolute atomic E-state index is 6.06. The van der Waals surface area contributed by atoms with Crippen molar-refractivity contribution in [1.82, 2.24) is 15.5 Å². The first-order valence-electron chi connectivity index (χ1n) is 7.61. The van der Waals surface area contributed by atoms with Crippen LogP contribution in [-0.2, 0) is 15.9 Å². The molecule has 0 aliphatic heterocycles. The molecule has 1 aliphatic carbocycles. The van der Waals surface area contributed by atoms with Gasteiger partial charge in [-0.15, -0.1) is 0 Å². The van der Waals surface area contributed by atoms with Crippen LogP contribution in [0.2, 0.25) is 0 Å². The summed E-state index contributed by atoms with van der Waals surface area (Å²) in [7, 11) is 1.89. The molecule has 1 fully saturated rings.